The lowest BCUT2D eigenvalue weighted by Crippen LogP contribution is -2.40. The summed E-state index contributed by atoms with van der Waals surface area (Å²) in [4.78, 5) is 15.5. The lowest BCUT2D eigenvalue weighted by molar-refractivity contribution is 0.0694. The highest BCUT2D eigenvalue weighted by Crippen LogP contribution is 2.42. The Hall–Kier alpha value is -3.18. The number of hydrogen-bond donors (Lipinski definition) is 0. The molecule has 0 spiro atoms. The summed E-state index contributed by atoms with van der Waals surface area (Å²) in [7, 11) is 4.83. The van der Waals surface area contributed by atoms with E-state index < -0.39 is 0 Å². The molecular weight excluding hydrogens is 414 g/mol. The Bertz CT molecular complexity index is 1110. The second kappa shape index (κ2) is 8.90. The van der Waals surface area contributed by atoms with Crippen LogP contribution in [0.1, 0.15) is 33.1 Å². The van der Waals surface area contributed by atoms with Crippen molar-refractivity contribution in [1.82, 2.24) is 4.90 Å². The van der Waals surface area contributed by atoms with E-state index in [0.717, 1.165) is 16.7 Å². The van der Waals surface area contributed by atoms with Gasteiger partial charge >= 0.3 is 0 Å². The molecule has 0 aromatic heterocycles. The number of carbonyl (C=O) groups excluding carboxylic acids is 1. The normalized spacial score (nSPS) is 15.2. The van der Waals surface area contributed by atoms with Gasteiger partial charge in [0.25, 0.3) is 5.91 Å². The minimum Gasteiger partial charge on any atom is -0.497 e. The molecule has 0 radical (unpaired) electrons. The van der Waals surface area contributed by atoms with Gasteiger partial charge in [-0.2, -0.15) is 0 Å². The third-order valence-electron chi connectivity index (χ3n) is 5.62. The van der Waals surface area contributed by atoms with E-state index in [1.54, 1.807) is 27.4 Å². The Labute approximate surface area is 187 Å². The number of nitrogens with zero attached hydrogens (tertiary/aromatic N) is 1. The topological polar surface area (TPSA) is 48.0 Å². The van der Waals surface area contributed by atoms with Crippen LogP contribution in [0.2, 0.25) is 5.02 Å². The van der Waals surface area contributed by atoms with Crippen LogP contribution in [0, 0.1) is 0 Å². The number of benzene rings is 3. The van der Waals surface area contributed by atoms with Gasteiger partial charge in [-0.1, -0.05) is 29.8 Å². The van der Waals surface area contributed by atoms with Gasteiger partial charge in [0, 0.05) is 17.1 Å². The number of amides is 1. The largest absolute Gasteiger partial charge is 0.497 e. The fraction of sp³-hybridized carbons (Fsp3) is 0.240. The predicted octanol–water partition coefficient (Wildman–Crippen LogP) is 5.15. The van der Waals surface area contributed by atoms with Gasteiger partial charge < -0.3 is 19.1 Å². The highest BCUT2D eigenvalue weighted by Gasteiger charge is 2.34. The van der Waals surface area contributed by atoms with Crippen LogP contribution >= 0.6 is 11.6 Å². The molecule has 0 fully saturated rings. The van der Waals surface area contributed by atoms with Crippen molar-refractivity contribution in [3.63, 3.8) is 0 Å². The number of hydrogen-bond acceptors (Lipinski definition) is 4. The summed E-state index contributed by atoms with van der Waals surface area (Å²) in [6.45, 7) is 0.565. The summed E-state index contributed by atoms with van der Waals surface area (Å²) in [5, 5.41) is 0.624. The molecule has 31 heavy (non-hydrogen) atoms. The first kappa shape index (κ1) is 21.1. The molecule has 3 aromatic carbocycles. The zero-order valence-electron chi connectivity index (χ0n) is 17.7. The van der Waals surface area contributed by atoms with E-state index in [0.29, 0.717) is 40.8 Å². The van der Waals surface area contributed by atoms with Crippen molar-refractivity contribution in [3.05, 3.63) is 87.9 Å². The molecule has 0 bridgehead atoms. The van der Waals surface area contributed by atoms with Crippen molar-refractivity contribution in [1.29, 1.82) is 0 Å². The van der Waals surface area contributed by atoms with Crippen molar-refractivity contribution in [2.45, 2.75) is 12.5 Å². The Balaban J connectivity index is 1.85. The molecule has 5 nitrogen and oxygen atoms in total. The van der Waals surface area contributed by atoms with Gasteiger partial charge in [-0.25, -0.2) is 0 Å². The average Bonchev–Trinajstić information content (AvgIpc) is 2.81. The molecule has 160 valence electrons. The van der Waals surface area contributed by atoms with Crippen LogP contribution in [-0.4, -0.2) is 38.7 Å². The van der Waals surface area contributed by atoms with E-state index in [1.807, 2.05) is 59.5 Å². The van der Waals surface area contributed by atoms with Crippen molar-refractivity contribution in [2.75, 3.05) is 27.9 Å². The Morgan fingerprint density at radius 1 is 0.935 bits per heavy atom. The number of fused-ring (bicyclic) bond motifs is 1. The summed E-state index contributed by atoms with van der Waals surface area (Å²) in [6, 6.07) is 18.5. The number of carbonyl (C=O) groups is 1. The first-order valence-electron chi connectivity index (χ1n) is 10.0. The molecule has 0 saturated carbocycles. The van der Waals surface area contributed by atoms with E-state index in [4.69, 9.17) is 25.8 Å². The smallest absolute Gasteiger partial charge is 0.254 e. The molecule has 1 atom stereocenters. The molecule has 0 aliphatic carbocycles. The molecule has 6 heteroatoms. The summed E-state index contributed by atoms with van der Waals surface area (Å²) < 4.78 is 16.4. The molecule has 1 heterocycles. The molecule has 3 aromatic rings. The van der Waals surface area contributed by atoms with Gasteiger partial charge in [0.1, 0.15) is 5.75 Å². The van der Waals surface area contributed by atoms with Crippen molar-refractivity contribution < 1.29 is 19.0 Å². The van der Waals surface area contributed by atoms with Crippen molar-refractivity contribution in [3.8, 4) is 17.2 Å². The molecule has 0 unspecified atom stereocenters. The Morgan fingerprint density at radius 2 is 1.68 bits per heavy atom. The van der Waals surface area contributed by atoms with Gasteiger partial charge in [0.15, 0.2) is 11.5 Å². The Kier molecular flexibility index (Phi) is 6.05. The van der Waals surface area contributed by atoms with E-state index in [-0.39, 0.29) is 11.9 Å². The molecule has 4 rings (SSSR count). The number of methoxy groups -OCH3 is 3. The van der Waals surface area contributed by atoms with Crippen molar-refractivity contribution >= 4 is 17.5 Å². The monoisotopic (exact) mass is 437 g/mol. The first-order valence-corrected chi connectivity index (χ1v) is 10.4. The summed E-state index contributed by atoms with van der Waals surface area (Å²) in [5.41, 5.74) is 3.65. The van der Waals surface area contributed by atoms with Crippen LogP contribution in [0.4, 0.5) is 0 Å². The Morgan fingerprint density at radius 3 is 2.39 bits per heavy atom. The van der Waals surface area contributed by atoms with Crippen molar-refractivity contribution in [2.24, 2.45) is 0 Å². The number of ether oxygens (including phenoxy) is 3. The first-order chi connectivity index (χ1) is 15.0. The van der Waals surface area contributed by atoms with Gasteiger partial charge in [-0.05, 0) is 65.6 Å². The van der Waals surface area contributed by atoms with Crippen LogP contribution in [0.25, 0.3) is 0 Å². The summed E-state index contributed by atoms with van der Waals surface area (Å²) in [5.74, 6) is 1.89. The highest BCUT2D eigenvalue weighted by atomic mass is 35.5. The van der Waals surface area contributed by atoms with Gasteiger partial charge in [0.2, 0.25) is 0 Å². The van der Waals surface area contributed by atoms with E-state index in [2.05, 4.69) is 0 Å². The van der Waals surface area contributed by atoms with Gasteiger partial charge in [-0.15, -0.1) is 0 Å². The molecule has 1 aliphatic rings. The quantitative estimate of drug-likeness (QED) is 0.553. The van der Waals surface area contributed by atoms with E-state index in [1.165, 1.54) is 0 Å². The minimum absolute atomic E-state index is 0.0655. The maximum atomic E-state index is 13.6. The third-order valence-corrected chi connectivity index (χ3v) is 5.85. The lowest BCUT2D eigenvalue weighted by atomic mass is 9.87. The van der Waals surface area contributed by atoms with Crippen LogP contribution < -0.4 is 14.2 Å². The van der Waals surface area contributed by atoms with Crippen LogP contribution in [-0.2, 0) is 6.42 Å². The molecule has 0 N–H and O–H groups in total. The molecule has 0 saturated heterocycles. The summed E-state index contributed by atoms with van der Waals surface area (Å²) in [6.07, 6.45) is 0.711. The van der Waals surface area contributed by atoms with Gasteiger partial charge in [-0.3, -0.25) is 4.79 Å². The zero-order chi connectivity index (χ0) is 22.0. The molecule has 1 aliphatic heterocycles. The second-order valence-corrected chi connectivity index (χ2v) is 7.78. The highest BCUT2D eigenvalue weighted by molar-refractivity contribution is 6.30. The average molecular weight is 438 g/mol. The lowest BCUT2D eigenvalue weighted by Gasteiger charge is -2.38. The minimum atomic E-state index is -0.305. The van der Waals surface area contributed by atoms with Crippen LogP contribution in [0.3, 0.4) is 0 Å². The van der Waals surface area contributed by atoms with Crippen LogP contribution in [0.15, 0.2) is 60.7 Å². The fourth-order valence-corrected chi connectivity index (χ4v) is 4.32. The van der Waals surface area contributed by atoms with E-state index >= 15 is 0 Å². The van der Waals surface area contributed by atoms with Gasteiger partial charge in [0.05, 0.1) is 27.4 Å². The summed E-state index contributed by atoms with van der Waals surface area (Å²) >= 11 is 6.32. The second-order valence-electron chi connectivity index (χ2n) is 7.34. The fourth-order valence-electron chi connectivity index (χ4n) is 4.12. The zero-order valence-corrected chi connectivity index (χ0v) is 18.5. The van der Waals surface area contributed by atoms with E-state index in [9.17, 15) is 4.79 Å². The maximum absolute atomic E-state index is 13.6. The predicted molar refractivity (Wildman–Crippen MR) is 121 cm³/mol. The maximum Gasteiger partial charge on any atom is 0.254 e. The number of rotatable bonds is 5. The van der Waals surface area contributed by atoms with Crippen LogP contribution in [0.5, 0.6) is 17.2 Å². The third kappa shape index (κ3) is 4.06. The molecular formula is C25H24ClNO4. The SMILES string of the molecule is COc1cccc(C(=O)N2CCc3cc(OC)c(OC)cc3[C@H]2c2cccc(Cl)c2)c1. The standard InChI is InChI=1S/C25H24ClNO4/c1-29-20-9-5-7-18(13-20)25(28)27-11-10-16-14-22(30-2)23(31-3)15-21(16)24(27)17-6-4-8-19(26)12-17/h4-9,12-15,24H,10-11H2,1-3H3/t24-/m1/s1. The number of halogens is 1. The molecule has 1 amide bonds.